The molecule has 1 aliphatic rings. The van der Waals surface area contributed by atoms with Crippen LogP contribution in [0.25, 0.3) is 0 Å². The monoisotopic (exact) mass is 263 g/mol. The van der Waals surface area contributed by atoms with E-state index in [1.54, 1.807) is 20.8 Å². The van der Waals surface area contributed by atoms with Crippen molar-refractivity contribution in [2.75, 3.05) is 13.1 Å². The molecule has 0 saturated carbocycles. The summed E-state index contributed by atoms with van der Waals surface area (Å²) in [5.74, 6) is -1.69. The van der Waals surface area contributed by atoms with Crippen LogP contribution in [0.1, 0.15) is 27.2 Å². The number of aliphatic hydroxyl groups excluding tert-OH is 1. The number of carbonyl (C=O) groups is 2. The Bertz CT molecular complexity index is 354. The summed E-state index contributed by atoms with van der Waals surface area (Å²) < 4.78 is 19.0. The number of aliphatic carboxylic acids is 1. The van der Waals surface area contributed by atoms with Gasteiger partial charge < -0.3 is 19.8 Å². The molecule has 1 fully saturated rings. The lowest BCUT2D eigenvalue weighted by Crippen LogP contribution is -2.57. The van der Waals surface area contributed by atoms with Gasteiger partial charge in [-0.2, -0.15) is 0 Å². The Morgan fingerprint density at radius 1 is 1.44 bits per heavy atom. The molecule has 6 nitrogen and oxygen atoms in total. The highest BCUT2D eigenvalue weighted by Crippen LogP contribution is 2.27. The van der Waals surface area contributed by atoms with Gasteiger partial charge in [0.1, 0.15) is 5.60 Å². The Hall–Kier alpha value is -1.37. The van der Waals surface area contributed by atoms with Crippen molar-refractivity contribution in [3.63, 3.8) is 0 Å². The van der Waals surface area contributed by atoms with Crippen LogP contribution in [0.3, 0.4) is 0 Å². The van der Waals surface area contributed by atoms with Crippen LogP contribution >= 0.6 is 0 Å². The number of amides is 1. The topological polar surface area (TPSA) is 87.1 Å². The summed E-state index contributed by atoms with van der Waals surface area (Å²) >= 11 is 0. The van der Waals surface area contributed by atoms with Crippen molar-refractivity contribution in [3.8, 4) is 0 Å². The van der Waals surface area contributed by atoms with Crippen molar-refractivity contribution in [2.24, 2.45) is 0 Å². The molecule has 1 saturated heterocycles. The lowest BCUT2D eigenvalue weighted by molar-refractivity contribution is -0.158. The van der Waals surface area contributed by atoms with Gasteiger partial charge in [0.25, 0.3) is 0 Å². The van der Waals surface area contributed by atoms with E-state index in [0.29, 0.717) is 0 Å². The number of carboxylic acids is 1. The molecule has 0 aromatic heterocycles. The van der Waals surface area contributed by atoms with E-state index in [2.05, 4.69) is 0 Å². The molecule has 1 amide bonds. The number of carbonyl (C=O) groups excluding carboxylic acids is 1. The van der Waals surface area contributed by atoms with E-state index in [4.69, 9.17) is 9.84 Å². The van der Waals surface area contributed by atoms with Gasteiger partial charge in [-0.1, -0.05) is 0 Å². The summed E-state index contributed by atoms with van der Waals surface area (Å²) in [4.78, 5) is 23.4. The van der Waals surface area contributed by atoms with E-state index in [-0.39, 0.29) is 6.54 Å². The van der Waals surface area contributed by atoms with Crippen molar-refractivity contribution < 1.29 is 28.9 Å². The molecule has 0 aromatic rings. The van der Waals surface area contributed by atoms with Crippen LogP contribution < -0.4 is 0 Å². The molecule has 1 aliphatic heterocycles. The van der Waals surface area contributed by atoms with Gasteiger partial charge in [0, 0.05) is 6.42 Å². The molecule has 0 spiro atoms. The second-order valence-electron chi connectivity index (χ2n) is 5.49. The Morgan fingerprint density at radius 2 is 2.00 bits per heavy atom. The van der Waals surface area contributed by atoms with E-state index < -0.39 is 42.4 Å². The first-order valence-electron chi connectivity index (χ1n) is 5.62. The quantitative estimate of drug-likeness (QED) is 0.730. The number of β-amino-alcohol motifs (C(OH)–C–C–N with tert-alkyl or cyclic N) is 1. The van der Waals surface area contributed by atoms with Crippen LogP contribution in [0, 0.1) is 0 Å². The summed E-state index contributed by atoms with van der Waals surface area (Å²) in [6, 6.07) is 0. The number of aliphatic hydroxyl groups is 1. The van der Waals surface area contributed by atoms with Crippen molar-refractivity contribution in [3.05, 3.63) is 0 Å². The second-order valence-corrected chi connectivity index (χ2v) is 5.49. The third-order valence-corrected chi connectivity index (χ3v) is 2.47. The first-order chi connectivity index (χ1) is 8.03. The summed E-state index contributed by atoms with van der Waals surface area (Å²) in [5, 5.41) is 18.2. The van der Waals surface area contributed by atoms with E-state index >= 15 is 0 Å². The van der Waals surface area contributed by atoms with Gasteiger partial charge >= 0.3 is 12.1 Å². The molecular weight excluding hydrogens is 245 g/mol. The molecule has 18 heavy (non-hydrogen) atoms. The molecule has 1 heterocycles. The molecule has 104 valence electrons. The fraction of sp³-hybridized carbons (Fsp3) is 0.818. The van der Waals surface area contributed by atoms with Crippen LogP contribution in [0.4, 0.5) is 9.18 Å². The van der Waals surface area contributed by atoms with Gasteiger partial charge in [0.15, 0.2) is 0 Å². The molecular formula is C11H18FNO5. The molecule has 7 heteroatoms. The van der Waals surface area contributed by atoms with Crippen molar-refractivity contribution in [2.45, 2.75) is 44.6 Å². The van der Waals surface area contributed by atoms with Gasteiger partial charge in [-0.25, -0.2) is 14.0 Å². The zero-order valence-electron chi connectivity index (χ0n) is 10.6. The lowest BCUT2D eigenvalue weighted by Gasteiger charge is -2.37. The molecule has 2 N–H and O–H groups in total. The van der Waals surface area contributed by atoms with Crippen molar-refractivity contribution in [1.82, 2.24) is 4.90 Å². The third-order valence-electron chi connectivity index (χ3n) is 2.47. The highest BCUT2D eigenvalue weighted by atomic mass is 19.1. The summed E-state index contributed by atoms with van der Waals surface area (Å²) in [5.41, 5.74) is -3.39. The van der Waals surface area contributed by atoms with Crippen LogP contribution in [-0.4, -0.2) is 57.6 Å². The van der Waals surface area contributed by atoms with E-state index in [9.17, 15) is 19.1 Å². The zero-order chi connectivity index (χ0) is 14.1. The van der Waals surface area contributed by atoms with Crippen LogP contribution in [-0.2, 0) is 9.53 Å². The van der Waals surface area contributed by atoms with Crippen molar-refractivity contribution >= 4 is 12.1 Å². The fourth-order valence-electron chi connectivity index (χ4n) is 1.74. The van der Waals surface area contributed by atoms with E-state index in [0.717, 1.165) is 4.90 Å². The summed E-state index contributed by atoms with van der Waals surface area (Å²) in [6.45, 7) is 4.18. The minimum atomic E-state index is -2.63. The Morgan fingerprint density at radius 3 is 2.44 bits per heavy atom. The number of piperidine rings is 1. The molecule has 0 aliphatic carbocycles. The predicted octanol–water partition coefficient (Wildman–Crippen LogP) is 0.781. The molecule has 0 radical (unpaired) electrons. The maximum Gasteiger partial charge on any atom is 0.410 e. The SMILES string of the molecule is CC(C)(C)OC(=O)N1C[C@H](O)C[C@](F)(C(=O)O)C1. The number of hydrogen-bond donors (Lipinski definition) is 2. The largest absolute Gasteiger partial charge is 0.479 e. The smallest absolute Gasteiger partial charge is 0.410 e. The first-order valence-corrected chi connectivity index (χ1v) is 5.62. The molecule has 1 rings (SSSR count). The third kappa shape index (κ3) is 3.56. The van der Waals surface area contributed by atoms with Crippen LogP contribution in [0.2, 0.25) is 0 Å². The van der Waals surface area contributed by atoms with Gasteiger partial charge in [0.05, 0.1) is 19.2 Å². The summed E-state index contributed by atoms with van der Waals surface area (Å²) in [7, 11) is 0. The molecule has 0 bridgehead atoms. The van der Waals surface area contributed by atoms with Crippen molar-refractivity contribution in [1.29, 1.82) is 0 Å². The highest BCUT2D eigenvalue weighted by Gasteiger charge is 2.48. The number of halogens is 1. The molecule has 2 atom stereocenters. The maximum absolute atomic E-state index is 14.0. The Balaban J connectivity index is 2.78. The minimum absolute atomic E-state index is 0.131. The Kier molecular flexibility index (Phi) is 3.85. The average molecular weight is 263 g/mol. The van der Waals surface area contributed by atoms with E-state index in [1.165, 1.54) is 0 Å². The zero-order valence-corrected chi connectivity index (χ0v) is 10.6. The first kappa shape index (κ1) is 14.7. The van der Waals surface area contributed by atoms with Gasteiger partial charge in [-0.05, 0) is 20.8 Å². The number of rotatable bonds is 1. The minimum Gasteiger partial charge on any atom is -0.479 e. The van der Waals surface area contributed by atoms with E-state index in [1.807, 2.05) is 0 Å². The molecule has 0 unspecified atom stereocenters. The van der Waals surface area contributed by atoms with Gasteiger partial charge in [-0.15, -0.1) is 0 Å². The lowest BCUT2D eigenvalue weighted by atomic mass is 9.93. The van der Waals surface area contributed by atoms with Gasteiger partial charge in [0.2, 0.25) is 5.67 Å². The number of ether oxygens (including phenoxy) is 1. The predicted molar refractivity (Wildman–Crippen MR) is 59.9 cm³/mol. The number of carboxylic acid groups (broad SMARTS) is 1. The van der Waals surface area contributed by atoms with Gasteiger partial charge in [-0.3, -0.25) is 0 Å². The Labute approximate surface area is 104 Å². The average Bonchev–Trinajstić information content (AvgIpc) is 2.13. The fourth-order valence-corrected chi connectivity index (χ4v) is 1.74. The second kappa shape index (κ2) is 4.72. The standard InChI is InChI=1S/C11H18FNO5/c1-10(2,3)18-9(17)13-5-7(14)4-11(12,6-13)8(15)16/h7,14H,4-6H2,1-3H3,(H,15,16)/t7-,11-/m1/s1. The van der Waals surface area contributed by atoms with Crippen LogP contribution in [0.15, 0.2) is 0 Å². The number of nitrogens with zero attached hydrogens (tertiary/aromatic N) is 1. The molecule has 0 aromatic carbocycles. The number of hydrogen-bond acceptors (Lipinski definition) is 4. The number of alkyl halides is 1. The maximum atomic E-state index is 14.0. The number of likely N-dealkylation sites (tertiary alicyclic amines) is 1. The summed E-state index contributed by atoms with van der Waals surface area (Å²) in [6.07, 6.45) is -2.57. The van der Waals surface area contributed by atoms with Crippen LogP contribution in [0.5, 0.6) is 0 Å². The highest BCUT2D eigenvalue weighted by molar-refractivity contribution is 5.79. The normalized spacial score (nSPS) is 28.9.